The summed E-state index contributed by atoms with van der Waals surface area (Å²) < 4.78 is 75.7. The van der Waals surface area contributed by atoms with Gasteiger partial charge in [0.1, 0.15) is 12.3 Å². The average Bonchev–Trinajstić information content (AvgIpc) is 2.68. The van der Waals surface area contributed by atoms with E-state index < -0.39 is 37.6 Å². The Bertz CT molecular complexity index is 1020. The number of anilines is 1. The van der Waals surface area contributed by atoms with Crippen molar-refractivity contribution in [3.8, 4) is 5.88 Å². The molecule has 0 fully saturated rings. The van der Waals surface area contributed by atoms with Crippen molar-refractivity contribution in [2.24, 2.45) is 0 Å². The lowest BCUT2D eigenvalue weighted by atomic mass is 10.2. The van der Waals surface area contributed by atoms with Gasteiger partial charge in [-0.3, -0.25) is 4.79 Å². The molecule has 1 aromatic heterocycles. The second-order valence-electron chi connectivity index (χ2n) is 6.03. The fourth-order valence-electron chi connectivity index (χ4n) is 2.31. The van der Waals surface area contributed by atoms with Crippen LogP contribution in [0.1, 0.15) is 12.0 Å². The number of aromatic nitrogens is 1. The average molecular weight is 482 g/mol. The smallest absolute Gasteiger partial charge is 0.417 e. The van der Waals surface area contributed by atoms with Crippen LogP contribution in [-0.4, -0.2) is 46.2 Å². The van der Waals surface area contributed by atoms with Crippen LogP contribution in [0.5, 0.6) is 5.88 Å². The summed E-state index contributed by atoms with van der Waals surface area (Å²) >= 11 is 5.50. The number of hydrogen-bond acceptors (Lipinski definition) is 6. The number of carbonyl (C=O) groups is 1. The van der Waals surface area contributed by atoms with Crippen LogP contribution in [0, 0.1) is 0 Å². The molecule has 1 aromatic carbocycles. The third-order valence-electron chi connectivity index (χ3n) is 3.77. The number of hydrogen-bond donors (Lipinski definition) is 2. The monoisotopic (exact) mass is 481 g/mol. The van der Waals surface area contributed by atoms with Crippen LogP contribution in [0.3, 0.4) is 0 Å². The van der Waals surface area contributed by atoms with Crippen molar-refractivity contribution >= 4 is 33.2 Å². The Hall–Kier alpha value is -2.41. The van der Waals surface area contributed by atoms with Crippen LogP contribution in [0.25, 0.3) is 0 Å². The molecule has 0 saturated heterocycles. The van der Waals surface area contributed by atoms with Gasteiger partial charge in [0.05, 0.1) is 22.1 Å². The van der Waals surface area contributed by atoms with Crippen LogP contribution in [-0.2, 0) is 25.7 Å². The van der Waals surface area contributed by atoms with E-state index in [1.165, 1.54) is 13.3 Å². The van der Waals surface area contributed by atoms with Crippen LogP contribution in [0.15, 0.2) is 41.4 Å². The molecule has 1 heterocycles. The topological polar surface area (TPSA) is 107 Å². The van der Waals surface area contributed by atoms with Crippen molar-refractivity contribution in [1.82, 2.24) is 9.71 Å². The summed E-state index contributed by atoms with van der Waals surface area (Å²) in [5.74, 6) is -0.395. The Morgan fingerprint density at radius 3 is 2.65 bits per heavy atom. The molecule has 2 rings (SSSR count). The summed E-state index contributed by atoms with van der Waals surface area (Å²) in [6, 6.07) is 5.34. The molecule has 0 spiro atoms. The van der Waals surface area contributed by atoms with Crippen molar-refractivity contribution in [3.63, 3.8) is 0 Å². The molecule has 0 atom stereocenters. The highest BCUT2D eigenvalue weighted by atomic mass is 35.5. The normalized spacial score (nSPS) is 11.9. The molecule has 2 N–H and O–H groups in total. The maximum Gasteiger partial charge on any atom is 0.417 e. The molecule has 0 unspecified atom stereocenters. The molecule has 0 aliphatic heterocycles. The van der Waals surface area contributed by atoms with Crippen LogP contribution in [0.4, 0.5) is 18.9 Å². The maximum absolute atomic E-state index is 12.9. The highest BCUT2D eigenvalue weighted by Crippen LogP contribution is 2.35. The molecule has 31 heavy (non-hydrogen) atoms. The third-order valence-corrected chi connectivity index (χ3v) is 5.56. The van der Waals surface area contributed by atoms with Gasteiger partial charge < -0.3 is 14.8 Å². The second kappa shape index (κ2) is 10.8. The molecule has 2 aromatic rings. The number of nitrogens with one attached hydrogen (secondary N) is 2. The first kappa shape index (κ1) is 24.9. The predicted molar refractivity (Wildman–Crippen MR) is 106 cm³/mol. The number of pyridine rings is 1. The van der Waals surface area contributed by atoms with Gasteiger partial charge in [-0.2, -0.15) is 13.2 Å². The minimum atomic E-state index is -4.81. The van der Waals surface area contributed by atoms with Crippen molar-refractivity contribution < 1.29 is 35.9 Å². The zero-order valence-electron chi connectivity index (χ0n) is 16.2. The Morgan fingerprint density at radius 2 is 1.97 bits per heavy atom. The number of benzene rings is 1. The SMILES string of the molecule is COCCOc1ncccc1NC(=O)CCNS(=O)(=O)c1ccc(Cl)c(C(F)(F)F)c1. The first-order valence-corrected chi connectivity index (χ1v) is 10.6. The highest BCUT2D eigenvalue weighted by molar-refractivity contribution is 7.89. The highest BCUT2D eigenvalue weighted by Gasteiger charge is 2.34. The lowest BCUT2D eigenvalue weighted by Crippen LogP contribution is -2.28. The first-order chi connectivity index (χ1) is 14.5. The summed E-state index contributed by atoms with van der Waals surface area (Å²) in [7, 11) is -2.79. The van der Waals surface area contributed by atoms with E-state index >= 15 is 0 Å². The van der Waals surface area contributed by atoms with Crippen LogP contribution in [0.2, 0.25) is 5.02 Å². The van der Waals surface area contributed by atoms with E-state index in [2.05, 4.69) is 15.0 Å². The van der Waals surface area contributed by atoms with Gasteiger partial charge in [0, 0.05) is 26.3 Å². The molecule has 0 aliphatic rings. The van der Waals surface area contributed by atoms with E-state index in [1.54, 1.807) is 12.1 Å². The summed E-state index contributed by atoms with van der Waals surface area (Å²) in [5.41, 5.74) is -0.994. The van der Waals surface area contributed by atoms with E-state index in [0.717, 1.165) is 12.1 Å². The first-order valence-electron chi connectivity index (χ1n) is 8.77. The number of ether oxygens (including phenoxy) is 2. The zero-order chi connectivity index (χ0) is 23.1. The number of sulfonamides is 1. The fraction of sp³-hybridized carbons (Fsp3) is 0.333. The molecule has 1 amide bonds. The van der Waals surface area contributed by atoms with Crippen molar-refractivity contribution in [2.75, 3.05) is 32.2 Å². The Balaban J connectivity index is 1.97. The summed E-state index contributed by atoms with van der Waals surface area (Å²) in [6.45, 7) is 0.169. The van der Waals surface area contributed by atoms with E-state index in [0.29, 0.717) is 12.7 Å². The van der Waals surface area contributed by atoms with Gasteiger partial charge in [-0.1, -0.05) is 11.6 Å². The fourth-order valence-corrected chi connectivity index (χ4v) is 3.59. The number of methoxy groups -OCH3 is 1. The lowest BCUT2D eigenvalue weighted by molar-refractivity contribution is -0.137. The summed E-state index contributed by atoms with van der Waals surface area (Å²) in [4.78, 5) is 15.5. The maximum atomic E-state index is 12.9. The van der Waals surface area contributed by atoms with Gasteiger partial charge in [-0.15, -0.1) is 0 Å². The number of nitrogens with zero attached hydrogens (tertiary/aromatic N) is 1. The van der Waals surface area contributed by atoms with Crippen molar-refractivity contribution in [2.45, 2.75) is 17.5 Å². The lowest BCUT2D eigenvalue weighted by Gasteiger charge is -2.13. The van der Waals surface area contributed by atoms with Gasteiger partial charge in [0.15, 0.2) is 0 Å². The number of carbonyl (C=O) groups excluding carboxylic acids is 1. The number of amides is 1. The van der Waals surface area contributed by atoms with Gasteiger partial charge in [-0.05, 0) is 30.3 Å². The Kier molecular flexibility index (Phi) is 8.62. The Labute approximate surface area is 181 Å². The van der Waals surface area contributed by atoms with Crippen molar-refractivity contribution in [1.29, 1.82) is 0 Å². The van der Waals surface area contributed by atoms with Gasteiger partial charge >= 0.3 is 6.18 Å². The van der Waals surface area contributed by atoms with Gasteiger partial charge in [-0.25, -0.2) is 18.1 Å². The predicted octanol–water partition coefficient (Wildman–Crippen LogP) is 3.09. The number of halogens is 4. The standard InChI is InChI=1S/C18H19ClF3N3O5S/c1-29-9-10-30-17-15(3-2-7-23-17)25-16(26)6-8-24-31(27,28)12-4-5-14(19)13(11-12)18(20,21)22/h2-5,7,11,24H,6,8-10H2,1H3,(H,25,26). The largest absolute Gasteiger partial charge is 0.474 e. The van der Waals surface area contributed by atoms with Gasteiger partial charge in [0.2, 0.25) is 21.8 Å². The van der Waals surface area contributed by atoms with Crippen LogP contribution < -0.4 is 14.8 Å². The number of rotatable bonds is 10. The van der Waals surface area contributed by atoms with Gasteiger partial charge in [0.25, 0.3) is 0 Å². The van der Waals surface area contributed by atoms with E-state index in [1.807, 2.05) is 0 Å². The van der Waals surface area contributed by atoms with E-state index in [4.69, 9.17) is 21.1 Å². The minimum absolute atomic E-state index is 0.161. The third kappa shape index (κ3) is 7.35. The second-order valence-corrected chi connectivity index (χ2v) is 8.21. The van der Waals surface area contributed by atoms with Crippen LogP contribution >= 0.6 is 11.6 Å². The van der Waals surface area contributed by atoms with E-state index in [-0.39, 0.29) is 31.1 Å². The molecule has 8 nitrogen and oxygen atoms in total. The number of alkyl halides is 3. The molecule has 13 heteroatoms. The summed E-state index contributed by atoms with van der Waals surface area (Å²) in [5, 5.41) is 1.91. The van der Waals surface area contributed by atoms with E-state index in [9.17, 15) is 26.4 Å². The molecular formula is C18H19ClF3N3O5S. The Morgan fingerprint density at radius 1 is 1.23 bits per heavy atom. The zero-order valence-corrected chi connectivity index (χ0v) is 17.8. The molecular weight excluding hydrogens is 463 g/mol. The molecule has 0 aliphatic carbocycles. The molecule has 0 bridgehead atoms. The molecule has 0 radical (unpaired) electrons. The quantitative estimate of drug-likeness (QED) is 0.505. The summed E-state index contributed by atoms with van der Waals surface area (Å²) in [6.07, 6.45) is -3.63. The minimum Gasteiger partial charge on any atom is -0.474 e. The van der Waals surface area contributed by atoms with Crippen molar-refractivity contribution in [3.05, 3.63) is 47.1 Å². The molecule has 170 valence electrons. The molecule has 0 saturated carbocycles.